The number of carbonyl (C=O) groups excluding carboxylic acids is 1. The number of ether oxygens (including phenoxy) is 2. The van der Waals surface area contributed by atoms with Crippen LogP contribution in [0.5, 0.6) is 0 Å². The molecule has 0 amide bonds. The first kappa shape index (κ1) is 19.3. The van der Waals surface area contributed by atoms with Crippen LogP contribution in [0.1, 0.15) is 52.5 Å². The van der Waals surface area contributed by atoms with Crippen molar-refractivity contribution in [3.05, 3.63) is 35.9 Å². The van der Waals surface area contributed by atoms with Gasteiger partial charge in [0.15, 0.2) is 6.10 Å². The average Bonchev–Trinajstić information content (AvgIpc) is 2.52. The van der Waals surface area contributed by atoms with E-state index in [-0.39, 0.29) is 11.4 Å². The number of benzene rings is 1. The van der Waals surface area contributed by atoms with Crippen molar-refractivity contribution < 1.29 is 14.3 Å². The summed E-state index contributed by atoms with van der Waals surface area (Å²) in [5.74, 6) is 5.77. The summed E-state index contributed by atoms with van der Waals surface area (Å²) < 4.78 is 11.0. The van der Waals surface area contributed by atoms with E-state index in [1.165, 1.54) is 6.92 Å². The minimum atomic E-state index is -0.396. The van der Waals surface area contributed by atoms with E-state index in [1.807, 2.05) is 30.3 Å². The Morgan fingerprint density at radius 3 is 2.57 bits per heavy atom. The molecule has 0 aliphatic heterocycles. The molecule has 1 aromatic carbocycles. The van der Waals surface area contributed by atoms with Crippen molar-refractivity contribution in [3.8, 4) is 11.8 Å². The van der Waals surface area contributed by atoms with Crippen LogP contribution >= 0.6 is 0 Å². The third-order valence-electron chi connectivity index (χ3n) is 3.69. The topological polar surface area (TPSA) is 35.5 Å². The van der Waals surface area contributed by atoms with Gasteiger partial charge in [0, 0.05) is 12.3 Å². The lowest BCUT2D eigenvalue weighted by Crippen LogP contribution is -2.32. The van der Waals surface area contributed by atoms with Crippen molar-refractivity contribution in [1.29, 1.82) is 0 Å². The summed E-state index contributed by atoms with van der Waals surface area (Å²) in [5, 5.41) is 0. The molecule has 3 heteroatoms. The Hall–Kier alpha value is -1.79. The lowest BCUT2D eigenvalue weighted by atomic mass is 9.81. The highest BCUT2D eigenvalue weighted by atomic mass is 16.5. The van der Waals surface area contributed by atoms with Crippen LogP contribution in [0.4, 0.5) is 0 Å². The van der Waals surface area contributed by atoms with Gasteiger partial charge in [0.25, 0.3) is 0 Å². The molecule has 0 fully saturated rings. The average molecular weight is 316 g/mol. The number of carbonyl (C=O) groups is 1. The van der Waals surface area contributed by atoms with Gasteiger partial charge in [-0.05, 0) is 12.0 Å². The Morgan fingerprint density at radius 2 is 1.96 bits per heavy atom. The minimum absolute atomic E-state index is 0.159. The van der Waals surface area contributed by atoms with Crippen molar-refractivity contribution >= 4 is 5.97 Å². The van der Waals surface area contributed by atoms with Crippen LogP contribution in [-0.4, -0.2) is 18.7 Å². The molecule has 0 aliphatic rings. The molecule has 1 rings (SSSR count). The summed E-state index contributed by atoms with van der Waals surface area (Å²) in [6.07, 6.45) is 2.79. The van der Waals surface area contributed by atoms with Gasteiger partial charge in [-0.2, -0.15) is 0 Å². The van der Waals surface area contributed by atoms with Gasteiger partial charge in [0.1, 0.15) is 6.61 Å². The lowest BCUT2D eigenvalue weighted by molar-refractivity contribution is -0.148. The van der Waals surface area contributed by atoms with Gasteiger partial charge < -0.3 is 9.47 Å². The number of unbranched alkanes of at least 4 members (excludes halogenated alkanes) is 1. The molecular formula is C20H28O3. The maximum atomic E-state index is 11.3. The first-order valence-electron chi connectivity index (χ1n) is 8.23. The molecule has 3 nitrogen and oxygen atoms in total. The van der Waals surface area contributed by atoms with Gasteiger partial charge in [-0.25, -0.2) is 0 Å². The summed E-state index contributed by atoms with van der Waals surface area (Å²) in [4.78, 5) is 11.3. The van der Waals surface area contributed by atoms with E-state index in [2.05, 4.69) is 32.6 Å². The van der Waals surface area contributed by atoms with Crippen LogP contribution < -0.4 is 0 Å². The van der Waals surface area contributed by atoms with Crippen molar-refractivity contribution in [2.24, 2.45) is 5.41 Å². The van der Waals surface area contributed by atoms with Gasteiger partial charge in [-0.1, -0.05) is 75.8 Å². The fourth-order valence-corrected chi connectivity index (χ4v) is 2.24. The molecule has 1 unspecified atom stereocenters. The zero-order valence-corrected chi connectivity index (χ0v) is 14.7. The van der Waals surface area contributed by atoms with E-state index in [4.69, 9.17) is 9.47 Å². The first-order chi connectivity index (χ1) is 11.0. The molecular weight excluding hydrogens is 288 g/mol. The van der Waals surface area contributed by atoms with Crippen molar-refractivity contribution in [3.63, 3.8) is 0 Å². The largest absolute Gasteiger partial charge is 0.449 e. The number of rotatable bonds is 8. The molecule has 0 N–H and O–H groups in total. The van der Waals surface area contributed by atoms with Crippen LogP contribution in [0.3, 0.4) is 0 Å². The monoisotopic (exact) mass is 316 g/mol. The molecule has 0 spiro atoms. The first-order valence-corrected chi connectivity index (χ1v) is 8.23. The second-order valence-electron chi connectivity index (χ2n) is 6.38. The Labute approximate surface area is 140 Å². The van der Waals surface area contributed by atoms with Crippen LogP contribution in [-0.2, 0) is 20.9 Å². The number of hydrogen-bond donors (Lipinski definition) is 0. The van der Waals surface area contributed by atoms with Gasteiger partial charge >= 0.3 is 5.97 Å². The third-order valence-corrected chi connectivity index (χ3v) is 3.69. The van der Waals surface area contributed by atoms with Crippen molar-refractivity contribution in [2.45, 2.75) is 59.7 Å². The lowest BCUT2D eigenvalue weighted by Gasteiger charge is -2.30. The molecule has 0 radical (unpaired) electrons. The minimum Gasteiger partial charge on any atom is -0.449 e. The van der Waals surface area contributed by atoms with E-state index in [0.29, 0.717) is 13.2 Å². The fraction of sp³-hybridized carbons (Fsp3) is 0.550. The summed E-state index contributed by atoms with van der Waals surface area (Å²) >= 11 is 0. The highest BCUT2D eigenvalue weighted by Gasteiger charge is 2.30. The van der Waals surface area contributed by atoms with Gasteiger partial charge in [0.2, 0.25) is 0 Å². The summed E-state index contributed by atoms with van der Waals surface area (Å²) in [5.41, 5.74) is 0.961. The predicted octanol–water partition coefficient (Wildman–Crippen LogP) is 4.35. The van der Waals surface area contributed by atoms with Crippen molar-refractivity contribution in [1.82, 2.24) is 0 Å². The summed E-state index contributed by atoms with van der Waals surface area (Å²) in [7, 11) is 0. The van der Waals surface area contributed by atoms with Crippen LogP contribution in [0.25, 0.3) is 0 Å². The van der Waals surface area contributed by atoms with E-state index in [9.17, 15) is 4.79 Å². The Balaban J connectivity index is 2.55. The van der Waals surface area contributed by atoms with E-state index in [1.54, 1.807) is 0 Å². The molecule has 0 aromatic heterocycles. The quantitative estimate of drug-likeness (QED) is 0.406. The molecule has 23 heavy (non-hydrogen) atoms. The fourth-order valence-electron chi connectivity index (χ4n) is 2.24. The second-order valence-corrected chi connectivity index (χ2v) is 6.38. The van der Waals surface area contributed by atoms with Crippen LogP contribution in [0, 0.1) is 17.3 Å². The second kappa shape index (κ2) is 10.1. The Morgan fingerprint density at radius 1 is 1.26 bits per heavy atom. The molecule has 1 atom stereocenters. The van der Waals surface area contributed by atoms with Crippen LogP contribution in [0.2, 0.25) is 0 Å². The normalized spacial score (nSPS) is 12.2. The molecule has 126 valence electrons. The number of esters is 1. The van der Waals surface area contributed by atoms with Gasteiger partial charge in [-0.3, -0.25) is 4.79 Å². The van der Waals surface area contributed by atoms with Crippen LogP contribution in [0.15, 0.2) is 30.3 Å². The van der Waals surface area contributed by atoms with Gasteiger partial charge in [-0.15, -0.1) is 0 Å². The highest BCUT2D eigenvalue weighted by molar-refractivity contribution is 5.66. The summed E-state index contributed by atoms with van der Waals surface area (Å²) in [6.45, 7) is 8.63. The molecule has 0 bridgehead atoms. The maximum absolute atomic E-state index is 11.3. The molecule has 0 saturated carbocycles. The van der Waals surface area contributed by atoms with E-state index >= 15 is 0 Å². The molecule has 0 saturated heterocycles. The Kier molecular flexibility index (Phi) is 8.43. The molecule has 1 aromatic rings. The molecule has 0 heterocycles. The Bertz CT molecular complexity index is 523. The highest BCUT2D eigenvalue weighted by Crippen LogP contribution is 2.29. The number of hydrogen-bond acceptors (Lipinski definition) is 3. The third kappa shape index (κ3) is 7.85. The SMILES string of the molecule is CCCCC(C)(C)C(C#CCOCc1ccccc1)OC(C)=O. The maximum Gasteiger partial charge on any atom is 0.303 e. The van der Waals surface area contributed by atoms with E-state index in [0.717, 1.165) is 24.8 Å². The van der Waals surface area contributed by atoms with E-state index < -0.39 is 6.10 Å². The van der Waals surface area contributed by atoms with Gasteiger partial charge in [0.05, 0.1) is 6.61 Å². The molecule has 0 aliphatic carbocycles. The smallest absolute Gasteiger partial charge is 0.303 e. The predicted molar refractivity (Wildman–Crippen MR) is 92.7 cm³/mol. The van der Waals surface area contributed by atoms with Crippen molar-refractivity contribution in [2.75, 3.05) is 6.61 Å². The zero-order chi connectivity index (χ0) is 17.1. The zero-order valence-electron chi connectivity index (χ0n) is 14.7. The summed E-state index contributed by atoms with van der Waals surface area (Å²) in [6, 6.07) is 9.98. The standard InChI is InChI=1S/C20H28O3/c1-5-6-14-20(3,4)19(23-17(2)21)13-10-15-22-16-18-11-8-7-9-12-18/h7-9,11-12,19H,5-6,14-16H2,1-4H3.